The van der Waals surface area contributed by atoms with Crippen molar-refractivity contribution < 1.29 is 4.39 Å². The largest absolute Gasteiger partial charge is 0.340 e. The highest BCUT2D eigenvalue weighted by atomic mass is 19.1. The zero-order valence-corrected chi connectivity index (χ0v) is 13.2. The number of nitrogens with zero attached hydrogens (tertiary/aromatic N) is 2. The Balaban J connectivity index is 1.81. The van der Waals surface area contributed by atoms with E-state index in [1.54, 1.807) is 12.1 Å². The van der Waals surface area contributed by atoms with Crippen LogP contribution in [-0.2, 0) is 0 Å². The van der Waals surface area contributed by atoms with Crippen LogP contribution >= 0.6 is 0 Å². The molecule has 5 heteroatoms. The van der Waals surface area contributed by atoms with Gasteiger partial charge in [0.15, 0.2) is 5.96 Å². The van der Waals surface area contributed by atoms with E-state index >= 15 is 0 Å². The van der Waals surface area contributed by atoms with Crippen molar-refractivity contribution in [3.05, 3.63) is 54.3 Å². The molecule has 4 nitrogen and oxygen atoms in total. The van der Waals surface area contributed by atoms with Gasteiger partial charge >= 0.3 is 0 Å². The first kappa shape index (κ1) is 15.5. The Hall–Kier alpha value is -2.40. The molecular formula is C18H21FN4. The van der Waals surface area contributed by atoms with E-state index < -0.39 is 0 Å². The smallest absolute Gasteiger partial charge is 0.195 e. The van der Waals surface area contributed by atoms with Gasteiger partial charge in [0.05, 0.1) is 0 Å². The van der Waals surface area contributed by atoms with Crippen LogP contribution in [0.5, 0.6) is 0 Å². The first-order chi connectivity index (χ1) is 11.1. The third-order valence-corrected chi connectivity index (χ3v) is 4.16. The Labute approximate surface area is 136 Å². The highest BCUT2D eigenvalue weighted by Crippen LogP contribution is 2.29. The number of hydrogen-bond donors (Lipinski definition) is 2. The Bertz CT molecular complexity index is 693. The Morgan fingerprint density at radius 2 is 1.57 bits per heavy atom. The van der Waals surface area contributed by atoms with E-state index in [2.05, 4.69) is 17.3 Å². The molecule has 1 aliphatic rings. The Morgan fingerprint density at radius 3 is 2.26 bits per heavy atom. The molecular weight excluding hydrogens is 291 g/mol. The van der Waals surface area contributed by atoms with Crippen molar-refractivity contribution in [2.45, 2.75) is 0 Å². The predicted octanol–water partition coefficient (Wildman–Crippen LogP) is 3.09. The standard InChI is InChI=1S/C18H21FN4/c1-22-10-12-23(13-11-22)18(20)21-17-9-5-3-7-15(17)14-6-2-4-8-16(14)19/h2-9H,10-13H2,1H3,(H2,20,21). The maximum absolute atomic E-state index is 14.1. The van der Waals surface area contributed by atoms with Gasteiger partial charge in [0.1, 0.15) is 5.82 Å². The Morgan fingerprint density at radius 1 is 0.957 bits per heavy atom. The normalized spacial score (nSPS) is 15.5. The van der Waals surface area contributed by atoms with E-state index in [0.717, 1.165) is 37.4 Å². The van der Waals surface area contributed by atoms with Crippen molar-refractivity contribution in [1.29, 1.82) is 5.41 Å². The van der Waals surface area contributed by atoms with Gasteiger partial charge < -0.3 is 15.1 Å². The predicted molar refractivity (Wildman–Crippen MR) is 92.3 cm³/mol. The quantitative estimate of drug-likeness (QED) is 0.661. The number of halogens is 1. The highest BCUT2D eigenvalue weighted by Gasteiger charge is 2.17. The van der Waals surface area contributed by atoms with Crippen LogP contribution in [0.25, 0.3) is 11.1 Å². The molecule has 1 fully saturated rings. The van der Waals surface area contributed by atoms with Crippen molar-refractivity contribution in [3.63, 3.8) is 0 Å². The number of para-hydroxylation sites is 1. The van der Waals surface area contributed by atoms with Gasteiger partial charge in [-0.15, -0.1) is 0 Å². The zero-order chi connectivity index (χ0) is 16.2. The molecule has 0 aliphatic carbocycles. The van der Waals surface area contributed by atoms with Crippen molar-refractivity contribution in [2.75, 3.05) is 38.5 Å². The summed E-state index contributed by atoms with van der Waals surface area (Å²) in [6, 6.07) is 14.2. The van der Waals surface area contributed by atoms with Crippen LogP contribution in [-0.4, -0.2) is 49.0 Å². The van der Waals surface area contributed by atoms with E-state index in [-0.39, 0.29) is 5.82 Å². The molecule has 120 valence electrons. The molecule has 1 heterocycles. The average molecular weight is 312 g/mol. The fraction of sp³-hybridized carbons (Fsp3) is 0.278. The summed E-state index contributed by atoms with van der Waals surface area (Å²) in [6.07, 6.45) is 0. The molecule has 1 aliphatic heterocycles. The molecule has 0 unspecified atom stereocenters. The SMILES string of the molecule is CN1CCN(C(=N)Nc2ccccc2-c2ccccc2F)CC1. The van der Waals surface area contributed by atoms with E-state index in [4.69, 9.17) is 5.41 Å². The van der Waals surface area contributed by atoms with Crippen LogP contribution in [0.4, 0.5) is 10.1 Å². The van der Waals surface area contributed by atoms with Gasteiger partial charge in [-0.25, -0.2) is 4.39 Å². The number of rotatable bonds is 2. The summed E-state index contributed by atoms with van der Waals surface area (Å²) in [5.74, 6) is 0.106. The lowest BCUT2D eigenvalue weighted by Crippen LogP contribution is -2.48. The van der Waals surface area contributed by atoms with Crippen molar-refractivity contribution >= 4 is 11.6 Å². The molecule has 0 saturated carbocycles. The molecule has 23 heavy (non-hydrogen) atoms. The van der Waals surface area contributed by atoms with Crippen LogP contribution in [0.2, 0.25) is 0 Å². The van der Waals surface area contributed by atoms with Crippen molar-refractivity contribution in [1.82, 2.24) is 9.80 Å². The van der Waals surface area contributed by atoms with Gasteiger partial charge in [0, 0.05) is 43.0 Å². The fourth-order valence-electron chi connectivity index (χ4n) is 2.74. The van der Waals surface area contributed by atoms with Crippen LogP contribution < -0.4 is 5.32 Å². The number of hydrogen-bond acceptors (Lipinski definition) is 2. The fourth-order valence-corrected chi connectivity index (χ4v) is 2.74. The number of piperazine rings is 1. The van der Waals surface area contributed by atoms with E-state index in [9.17, 15) is 4.39 Å². The van der Waals surface area contributed by atoms with E-state index in [0.29, 0.717) is 11.5 Å². The van der Waals surface area contributed by atoms with Gasteiger partial charge in [-0.2, -0.15) is 0 Å². The molecule has 3 rings (SSSR count). The van der Waals surface area contributed by atoms with Crippen molar-refractivity contribution in [2.24, 2.45) is 0 Å². The minimum atomic E-state index is -0.257. The summed E-state index contributed by atoms with van der Waals surface area (Å²) in [5.41, 5.74) is 2.06. The van der Waals surface area contributed by atoms with Gasteiger partial charge in [-0.3, -0.25) is 5.41 Å². The average Bonchev–Trinajstić information content (AvgIpc) is 2.56. The minimum Gasteiger partial charge on any atom is -0.340 e. The summed E-state index contributed by atoms with van der Waals surface area (Å²) in [7, 11) is 2.09. The summed E-state index contributed by atoms with van der Waals surface area (Å²) in [5, 5.41) is 11.4. The van der Waals surface area contributed by atoms with E-state index in [1.807, 2.05) is 35.2 Å². The minimum absolute atomic E-state index is 0.257. The second-order valence-corrected chi connectivity index (χ2v) is 5.79. The molecule has 0 radical (unpaired) electrons. The summed E-state index contributed by atoms with van der Waals surface area (Å²) in [6.45, 7) is 3.53. The third kappa shape index (κ3) is 3.51. The molecule has 2 aromatic rings. The topological polar surface area (TPSA) is 42.4 Å². The lowest BCUT2D eigenvalue weighted by molar-refractivity contribution is 0.214. The number of guanidine groups is 1. The molecule has 0 spiro atoms. The zero-order valence-electron chi connectivity index (χ0n) is 13.2. The van der Waals surface area contributed by atoms with Gasteiger partial charge in [0.2, 0.25) is 0 Å². The van der Waals surface area contributed by atoms with Gasteiger partial charge in [-0.1, -0.05) is 36.4 Å². The molecule has 2 aromatic carbocycles. The molecule has 2 N–H and O–H groups in total. The van der Waals surface area contributed by atoms with Crippen LogP contribution in [0.15, 0.2) is 48.5 Å². The Kier molecular flexibility index (Phi) is 4.57. The first-order valence-corrected chi connectivity index (χ1v) is 7.78. The van der Waals surface area contributed by atoms with Gasteiger partial charge in [-0.05, 0) is 19.2 Å². The molecule has 0 aromatic heterocycles. The second kappa shape index (κ2) is 6.79. The lowest BCUT2D eigenvalue weighted by Gasteiger charge is -2.34. The number of anilines is 1. The van der Waals surface area contributed by atoms with Crippen molar-refractivity contribution in [3.8, 4) is 11.1 Å². The summed E-state index contributed by atoms with van der Waals surface area (Å²) < 4.78 is 14.1. The molecule has 1 saturated heterocycles. The molecule has 0 amide bonds. The van der Waals surface area contributed by atoms with Crippen LogP contribution in [0.1, 0.15) is 0 Å². The first-order valence-electron chi connectivity index (χ1n) is 7.78. The maximum atomic E-state index is 14.1. The van der Waals surface area contributed by atoms with Gasteiger partial charge in [0.25, 0.3) is 0 Å². The molecule has 0 atom stereocenters. The number of nitrogens with one attached hydrogen (secondary N) is 2. The van der Waals surface area contributed by atoms with E-state index in [1.165, 1.54) is 6.07 Å². The highest BCUT2D eigenvalue weighted by molar-refractivity contribution is 5.96. The van der Waals surface area contributed by atoms with Crippen LogP contribution in [0.3, 0.4) is 0 Å². The number of benzene rings is 2. The molecule has 0 bridgehead atoms. The maximum Gasteiger partial charge on any atom is 0.195 e. The van der Waals surface area contributed by atoms with Crippen LogP contribution in [0, 0.1) is 11.2 Å². The summed E-state index contributed by atoms with van der Waals surface area (Å²) >= 11 is 0. The summed E-state index contributed by atoms with van der Waals surface area (Å²) in [4.78, 5) is 4.26. The lowest BCUT2D eigenvalue weighted by atomic mass is 10.0. The number of likely N-dealkylation sites (N-methyl/N-ethyl adjacent to an activating group) is 1. The monoisotopic (exact) mass is 312 g/mol. The third-order valence-electron chi connectivity index (χ3n) is 4.16. The second-order valence-electron chi connectivity index (χ2n) is 5.79.